The van der Waals surface area contributed by atoms with Crippen LogP contribution in [0.2, 0.25) is 0 Å². The summed E-state index contributed by atoms with van der Waals surface area (Å²) in [6.07, 6.45) is 1.17. The number of hydrogen-bond donors (Lipinski definition) is 2. The second kappa shape index (κ2) is 13.3. The zero-order valence-corrected chi connectivity index (χ0v) is 28.0. The summed E-state index contributed by atoms with van der Waals surface area (Å²) in [7, 11) is 0. The molecule has 1 unspecified atom stereocenters. The van der Waals surface area contributed by atoms with Crippen molar-refractivity contribution in [1.29, 1.82) is 0 Å². The first-order valence-electron chi connectivity index (χ1n) is 14.9. The van der Waals surface area contributed by atoms with Crippen molar-refractivity contribution in [2.24, 2.45) is 11.8 Å². The van der Waals surface area contributed by atoms with Crippen molar-refractivity contribution >= 4 is 45.7 Å². The zero-order valence-electron chi connectivity index (χ0n) is 25.8. The number of fused-ring (bicyclic) bond motifs is 1. The summed E-state index contributed by atoms with van der Waals surface area (Å²) in [6, 6.07) is 2.15. The van der Waals surface area contributed by atoms with Crippen LogP contribution in [0, 0.1) is 17.7 Å². The second-order valence-corrected chi connectivity index (χ2v) is 14.2. The monoisotopic (exact) mass is 733 g/mol. The lowest BCUT2D eigenvalue weighted by Crippen LogP contribution is -2.38. The largest absolute Gasteiger partial charge is 0.340 e. The molecule has 0 spiro atoms. The number of hydrogen-bond acceptors (Lipinski definition) is 5. The van der Waals surface area contributed by atoms with Gasteiger partial charge in [-0.2, -0.15) is 5.10 Å². The van der Waals surface area contributed by atoms with Crippen molar-refractivity contribution in [3.05, 3.63) is 41.5 Å². The fraction of sp³-hybridized carbons (Fsp3) is 0.633. The minimum absolute atomic E-state index is 0.0318. The first kappa shape index (κ1) is 34.1. The van der Waals surface area contributed by atoms with Gasteiger partial charge in [-0.1, -0.05) is 19.9 Å². The van der Waals surface area contributed by atoms with Crippen LogP contribution < -0.4 is 5.32 Å². The molecule has 2 N–H and O–H groups in total. The standard InChI is InChI=1S/C30H40F4IN7O2/c1-16(2)13-20(28(44)41(35)14-29(5,6)32)19-7-8-21-24(22(19)31)39-25(38-21)23(18-9-11-30(33,34)12-10-18)40-27(43)26-36-15-37-42(26)17(3)4/h7-8,15-18,20,23H,9-14H2,1-6H3,(H,38,39)(H,40,43)/t20?,23-/m0/s1. The molecule has 1 aliphatic carbocycles. The Labute approximate surface area is 268 Å². The molecule has 0 aliphatic heterocycles. The number of alkyl halides is 3. The highest BCUT2D eigenvalue weighted by molar-refractivity contribution is 14.1. The molecule has 3 aromatic rings. The van der Waals surface area contributed by atoms with E-state index in [0.717, 1.165) is 0 Å². The molecule has 4 rings (SSSR count). The first-order valence-corrected chi connectivity index (χ1v) is 15.9. The van der Waals surface area contributed by atoms with Crippen LogP contribution in [0.25, 0.3) is 11.0 Å². The topological polar surface area (TPSA) is 109 Å². The fourth-order valence-corrected chi connectivity index (χ4v) is 6.85. The van der Waals surface area contributed by atoms with Crippen LogP contribution in [0.5, 0.6) is 0 Å². The Morgan fingerprint density at radius 3 is 2.45 bits per heavy atom. The van der Waals surface area contributed by atoms with Gasteiger partial charge in [0.15, 0.2) is 5.82 Å². The number of benzene rings is 1. The predicted octanol–water partition coefficient (Wildman–Crippen LogP) is 7.23. The molecule has 9 nitrogen and oxygen atoms in total. The molecule has 1 aliphatic rings. The fourth-order valence-electron chi connectivity index (χ4n) is 5.70. The number of rotatable bonds is 11. The van der Waals surface area contributed by atoms with Crippen LogP contribution in [0.15, 0.2) is 18.5 Å². The van der Waals surface area contributed by atoms with Crippen molar-refractivity contribution in [3.8, 4) is 0 Å². The number of carbonyl (C=O) groups is 2. The Balaban J connectivity index is 1.72. The predicted molar refractivity (Wildman–Crippen MR) is 167 cm³/mol. The number of nitrogens with zero attached hydrogens (tertiary/aromatic N) is 5. The molecule has 44 heavy (non-hydrogen) atoms. The average molecular weight is 734 g/mol. The van der Waals surface area contributed by atoms with Gasteiger partial charge in [0.25, 0.3) is 5.91 Å². The van der Waals surface area contributed by atoms with Gasteiger partial charge in [0, 0.05) is 24.4 Å². The molecule has 2 heterocycles. The smallest absolute Gasteiger partial charge is 0.289 e. The Kier molecular flexibility index (Phi) is 10.3. The number of carbonyl (C=O) groups excluding carboxylic acids is 2. The molecule has 0 saturated heterocycles. The highest BCUT2D eigenvalue weighted by Gasteiger charge is 2.40. The third-order valence-corrected chi connectivity index (χ3v) is 8.67. The van der Waals surface area contributed by atoms with Crippen molar-refractivity contribution in [2.45, 2.75) is 103 Å². The van der Waals surface area contributed by atoms with E-state index in [9.17, 15) is 22.8 Å². The third-order valence-electron chi connectivity index (χ3n) is 7.86. The van der Waals surface area contributed by atoms with E-state index in [2.05, 4.69) is 25.4 Å². The molecule has 2 amide bonds. The van der Waals surface area contributed by atoms with Crippen LogP contribution in [0.1, 0.15) is 114 Å². The van der Waals surface area contributed by atoms with Gasteiger partial charge >= 0.3 is 0 Å². The van der Waals surface area contributed by atoms with Crippen LogP contribution >= 0.6 is 22.9 Å². The molecule has 1 aromatic carbocycles. The molecule has 2 atom stereocenters. The number of nitrogens with one attached hydrogen (secondary N) is 2. The average Bonchev–Trinajstić information content (AvgIpc) is 3.58. The Hall–Kier alpha value is -2.78. The van der Waals surface area contributed by atoms with Crippen molar-refractivity contribution in [1.82, 2.24) is 33.2 Å². The quantitative estimate of drug-likeness (QED) is 0.123. The van der Waals surface area contributed by atoms with E-state index in [1.54, 1.807) is 28.9 Å². The van der Waals surface area contributed by atoms with Gasteiger partial charge in [0.2, 0.25) is 17.7 Å². The second-order valence-electron chi connectivity index (χ2n) is 13.0. The lowest BCUT2D eigenvalue weighted by Gasteiger charge is -2.33. The van der Waals surface area contributed by atoms with E-state index in [1.165, 1.54) is 34.0 Å². The van der Waals surface area contributed by atoms with Crippen LogP contribution in [0.4, 0.5) is 17.6 Å². The Morgan fingerprint density at radius 1 is 1.20 bits per heavy atom. The summed E-state index contributed by atoms with van der Waals surface area (Å²) in [4.78, 5) is 38.6. The number of amides is 2. The Morgan fingerprint density at radius 2 is 1.86 bits per heavy atom. The normalized spacial score (nSPS) is 17.3. The maximum Gasteiger partial charge on any atom is 0.289 e. The molecule has 1 fully saturated rings. The summed E-state index contributed by atoms with van der Waals surface area (Å²) < 4.78 is 61.5. The summed E-state index contributed by atoms with van der Waals surface area (Å²) in [5, 5.41) is 7.01. The summed E-state index contributed by atoms with van der Waals surface area (Å²) in [5.41, 5.74) is -1.20. The van der Waals surface area contributed by atoms with Crippen molar-refractivity contribution < 1.29 is 27.2 Å². The number of aromatic amines is 1. The van der Waals surface area contributed by atoms with Gasteiger partial charge in [-0.25, -0.2) is 32.2 Å². The maximum absolute atomic E-state index is 16.2. The van der Waals surface area contributed by atoms with Gasteiger partial charge in [-0.15, -0.1) is 0 Å². The van der Waals surface area contributed by atoms with Gasteiger partial charge in [-0.3, -0.25) is 12.7 Å². The molecule has 1 saturated carbocycles. The van der Waals surface area contributed by atoms with Gasteiger partial charge in [0.05, 0.1) is 46.9 Å². The number of H-pyrrole nitrogens is 1. The Bertz CT molecular complexity index is 1470. The SMILES string of the molecule is CC(C)CC(C(=O)N(I)CC(C)(C)F)c1ccc2[nH]c([C@@H](NC(=O)c3ncnn3C(C)C)C3CCC(F)(F)CC3)nc2c1F. The van der Waals surface area contributed by atoms with Crippen LogP contribution in [-0.2, 0) is 4.79 Å². The maximum atomic E-state index is 16.2. The van der Waals surface area contributed by atoms with Crippen molar-refractivity contribution in [3.63, 3.8) is 0 Å². The van der Waals surface area contributed by atoms with Gasteiger partial charge < -0.3 is 10.3 Å². The van der Waals surface area contributed by atoms with E-state index in [4.69, 9.17) is 0 Å². The molecule has 242 valence electrons. The zero-order chi connectivity index (χ0) is 32.6. The van der Waals surface area contributed by atoms with Gasteiger partial charge in [-0.05, 0) is 64.9 Å². The molecular weight excluding hydrogens is 693 g/mol. The van der Waals surface area contributed by atoms with Crippen molar-refractivity contribution in [2.75, 3.05) is 6.54 Å². The van der Waals surface area contributed by atoms with Gasteiger partial charge in [0.1, 0.15) is 23.3 Å². The molecule has 14 heteroatoms. The first-order chi connectivity index (χ1) is 20.5. The minimum Gasteiger partial charge on any atom is -0.340 e. The molecule has 0 bridgehead atoms. The van der Waals surface area contributed by atoms with Crippen LogP contribution in [-0.4, -0.2) is 57.8 Å². The van der Waals surface area contributed by atoms with E-state index in [1.807, 2.05) is 27.7 Å². The highest BCUT2D eigenvalue weighted by Crippen LogP contribution is 2.42. The highest BCUT2D eigenvalue weighted by atomic mass is 127. The molecule has 0 radical (unpaired) electrons. The third kappa shape index (κ3) is 7.89. The summed E-state index contributed by atoms with van der Waals surface area (Å²) in [5.74, 6) is -5.42. The number of halogens is 5. The molecular formula is C30H40F4IN7O2. The van der Waals surface area contributed by atoms with E-state index < -0.39 is 47.1 Å². The lowest BCUT2D eigenvalue weighted by molar-refractivity contribution is -0.128. The lowest BCUT2D eigenvalue weighted by atomic mass is 9.81. The van der Waals surface area contributed by atoms with E-state index >= 15 is 4.39 Å². The number of imidazole rings is 1. The van der Waals surface area contributed by atoms with E-state index in [-0.39, 0.29) is 66.9 Å². The summed E-state index contributed by atoms with van der Waals surface area (Å²) >= 11 is 1.77. The van der Waals surface area contributed by atoms with E-state index in [0.29, 0.717) is 11.9 Å². The minimum atomic E-state index is -2.79. The molecule has 2 aromatic heterocycles. The number of aromatic nitrogens is 5. The summed E-state index contributed by atoms with van der Waals surface area (Å²) in [6.45, 7) is 10.1. The van der Waals surface area contributed by atoms with Crippen LogP contribution in [0.3, 0.4) is 0 Å².